The minimum Gasteiger partial charge on any atom is -0.382 e. The number of nitrogen functional groups attached to an aromatic ring is 1. The molecule has 36 heavy (non-hydrogen) atoms. The van der Waals surface area contributed by atoms with E-state index in [2.05, 4.69) is 15.3 Å². The molecule has 1 aliphatic rings. The summed E-state index contributed by atoms with van der Waals surface area (Å²) in [5.74, 6) is 0.640. The fraction of sp³-hybridized carbons (Fsp3) is 0.280. The van der Waals surface area contributed by atoms with Crippen molar-refractivity contribution in [1.29, 1.82) is 0 Å². The van der Waals surface area contributed by atoms with E-state index < -0.39 is 17.6 Å². The summed E-state index contributed by atoms with van der Waals surface area (Å²) in [5.41, 5.74) is 13.8. The number of rotatable bonds is 4. The van der Waals surface area contributed by atoms with E-state index in [1.54, 1.807) is 30.5 Å². The smallest absolute Gasteiger partial charge is 0.382 e. The largest absolute Gasteiger partial charge is 0.416 e. The Labute approximate surface area is 204 Å². The first-order chi connectivity index (χ1) is 17.2. The predicted octanol–water partition coefficient (Wildman–Crippen LogP) is 4.63. The van der Waals surface area contributed by atoms with Crippen molar-refractivity contribution in [3.8, 4) is 11.3 Å². The molecule has 11 heteroatoms. The molecule has 1 fully saturated rings. The lowest BCUT2D eigenvalue weighted by molar-refractivity contribution is -0.137. The summed E-state index contributed by atoms with van der Waals surface area (Å²) in [6.07, 6.45) is 3.78. The predicted molar refractivity (Wildman–Crippen MR) is 129 cm³/mol. The average molecular weight is 496 g/mol. The van der Waals surface area contributed by atoms with Crippen LogP contribution in [0.5, 0.6) is 0 Å². The first kappa shape index (κ1) is 23.7. The Hall–Kier alpha value is -3.99. The molecule has 0 radical (unpaired) electrons. The molecule has 4 aromatic rings. The lowest BCUT2D eigenvalue weighted by Crippen LogP contribution is -2.27. The SMILES string of the molecule is Nc1nccn2c([C@H]3CCC[C@H](N)C3)nc(-c3ccc(C(=O)Nc4cc(C(F)(F)F)ccn4)cc3)c12. The summed E-state index contributed by atoms with van der Waals surface area (Å²) in [6.45, 7) is 0. The van der Waals surface area contributed by atoms with Crippen molar-refractivity contribution in [2.24, 2.45) is 5.73 Å². The number of carbonyl (C=O) groups is 1. The van der Waals surface area contributed by atoms with Crippen LogP contribution in [0.1, 0.15) is 53.3 Å². The van der Waals surface area contributed by atoms with Crippen LogP contribution in [0.3, 0.4) is 0 Å². The molecule has 2 atom stereocenters. The molecule has 3 aromatic heterocycles. The topological polar surface area (TPSA) is 124 Å². The fourth-order valence-corrected chi connectivity index (χ4v) is 4.68. The number of alkyl halides is 3. The molecule has 1 amide bonds. The summed E-state index contributed by atoms with van der Waals surface area (Å²) in [4.78, 5) is 25.6. The van der Waals surface area contributed by atoms with Crippen LogP contribution in [0.2, 0.25) is 0 Å². The van der Waals surface area contributed by atoms with Crippen LogP contribution in [-0.2, 0) is 6.18 Å². The number of aromatic nitrogens is 4. The Morgan fingerprint density at radius 3 is 2.58 bits per heavy atom. The van der Waals surface area contributed by atoms with Gasteiger partial charge < -0.3 is 16.8 Å². The highest BCUT2D eigenvalue weighted by molar-refractivity contribution is 6.04. The number of nitrogens with zero attached hydrogens (tertiary/aromatic N) is 4. The lowest BCUT2D eigenvalue weighted by Gasteiger charge is -2.25. The highest BCUT2D eigenvalue weighted by Crippen LogP contribution is 2.36. The van der Waals surface area contributed by atoms with Gasteiger partial charge in [-0.2, -0.15) is 13.2 Å². The van der Waals surface area contributed by atoms with Crippen LogP contribution < -0.4 is 16.8 Å². The Morgan fingerprint density at radius 2 is 1.86 bits per heavy atom. The zero-order valence-electron chi connectivity index (χ0n) is 19.2. The number of carbonyl (C=O) groups excluding carboxylic acids is 1. The maximum Gasteiger partial charge on any atom is 0.416 e. The maximum atomic E-state index is 12.9. The normalized spacial score (nSPS) is 18.3. The number of hydrogen-bond donors (Lipinski definition) is 3. The minimum absolute atomic E-state index is 0.128. The molecule has 5 rings (SSSR count). The second kappa shape index (κ2) is 9.23. The third-order valence-electron chi connectivity index (χ3n) is 6.44. The van der Waals surface area contributed by atoms with Gasteiger partial charge in [0.25, 0.3) is 5.91 Å². The van der Waals surface area contributed by atoms with Crippen molar-refractivity contribution in [1.82, 2.24) is 19.4 Å². The van der Waals surface area contributed by atoms with Crippen LogP contribution in [-0.4, -0.2) is 31.3 Å². The summed E-state index contributed by atoms with van der Waals surface area (Å²) in [6, 6.07) is 8.35. The molecular formula is C25H24F3N7O. The molecule has 5 N–H and O–H groups in total. The van der Waals surface area contributed by atoms with Gasteiger partial charge in [0, 0.05) is 41.7 Å². The number of benzene rings is 1. The molecule has 0 bridgehead atoms. The Bertz CT molecular complexity index is 1420. The van der Waals surface area contributed by atoms with Gasteiger partial charge in [-0.15, -0.1) is 0 Å². The van der Waals surface area contributed by atoms with Gasteiger partial charge in [-0.1, -0.05) is 18.6 Å². The van der Waals surface area contributed by atoms with E-state index in [4.69, 9.17) is 16.5 Å². The summed E-state index contributed by atoms with van der Waals surface area (Å²) < 4.78 is 40.8. The van der Waals surface area contributed by atoms with Crippen molar-refractivity contribution in [2.75, 3.05) is 11.1 Å². The third kappa shape index (κ3) is 4.61. The number of nitrogens with two attached hydrogens (primary N) is 2. The second-order valence-electron chi connectivity index (χ2n) is 8.93. The number of fused-ring (bicyclic) bond motifs is 1. The molecule has 186 valence electrons. The van der Waals surface area contributed by atoms with E-state index in [0.29, 0.717) is 17.0 Å². The van der Waals surface area contributed by atoms with Gasteiger partial charge in [-0.25, -0.2) is 15.0 Å². The second-order valence-corrected chi connectivity index (χ2v) is 8.93. The van der Waals surface area contributed by atoms with E-state index in [1.807, 2.05) is 10.6 Å². The molecule has 1 saturated carbocycles. The first-order valence-corrected chi connectivity index (χ1v) is 11.5. The van der Waals surface area contributed by atoms with Gasteiger partial charge in [-0.05, 0) is 43.5 Å². The van der Waals surface area contributed by atoms with Gasteiger partial charge >= 0.3 is 6.18 Å². The lowest BCUT2D eigenvalue weighted by atomic mass is 9.85. The van der Waals surface area contributed by atoms with Crippen LogP contribution in [0.15, 0.2) is 55.0 Å². The van der Waals surface area contributed by atoms with E-state index in [0.717, 1.165) is 55.4 Å². The zero-order valence-corrected chi connectivity index (χ0v) is 19.2. The van der Waals surface area contributed by atoms with Gasteiger partial charge in [0.1, 0.15) is 28.7 Å². The van der Waals surface area contributed by atoms with Crippen LogP contribution in [0.25, 0.3) is 16.8 Å². The van der Waals surface area contributed by atoms with Crippen LogP contribution >= 0.6 is 0 Å². The monoisotopic (exact) mass is 495 g/mol. The fourth-order valence-electron chi connectivity index (χ4n) is 4.68. The van der Waals surface area contributed by atoms with Crippen LogP contribution in [0, 0.1) is 0 Å². The number of anilines is 2. The van der Waals surface area contributed by atoms with Gasteiger partial charge in [0.2, 0.25) is 0 Å². The number of hydrogen-bond acceptors (Lipinski definition) is 6. The molecular weight excluding hydrogens is 471 g/mol. The van der Waals surface area contributed by atoms with Gasteiger partial charge in [-0.3, -0.25) is 9.20 Å². The minimum atomic E-state index is -4.53. The van der Waals surface area contributed by atoms with Crippen molar-refractivity contribution in [3.63, 3.8) is 0 Å². The maximum absolute atomic E-state index is 12.9. The van der Waals surface area contributed by atoms with Crippen molar-refractivity contribution in [3.05, 3.63) is 71.9 Å². The number of imidazole rings is 1. The molecule has 1 aliphatic carbocycles. The summed E-state index contributed by atoms with van der Waals surface area (Å²) in [7, 11) is 0. The Morgan fingerprint density at radius 1 is 1.08 bits per heavy atom. The van der Waals surface area contributed by atoms with Crippen LogP contribution in [0.4, 0.5) is 24.8 Å². The van der Waals surface area contributed by atoms with Crippen molar-refractivity contribution in [2.45, 2.75) is 43.8 Å². The Balaban J connectivity index is 1.43. The summed E-state index contributed by atoms with van der Waals surface area (Å²) in [5, 5.41) is 2.41. The van der Waals surface area contributed by atoms with Crippen molar-refractivity contribution < 1.29 is 18.0 Å². The molecule has 0 spiro atoms. The highest BCUT2D eigenvalue weighted by Gasteiger charge is 2.31. The number of pyridine rings is 1. The number of nitrogens with one attached hydrogen (secondary N) is 1. The third-order valence-corrected chi connectivity index (χ3v) is 6.44. The molecule has 0 unspecified atom stereocenters. The summed E-state index contributed by atoms with van der Waals surface area (Å²) >= 11 is 0. The quantitative estimate of drug-likeness (QED) is 0.379. The molecule has 1 aromatic carbocycles. The molecule has 8 nitrogen and oxygen atoms in total. The van der Waals surface area contributed by atoms with Gasteiger partial charge in [0.15, 0.2) is 0 Å². The number of halogens is 3. The van der Waals surface area contributed by atoms with E-state index in [1.165, 1.54) is 0 Å². The zero-order chi connectivity index (χ0) is 25.4. The Kier molecular flexibility index (Phi) is 6.09. The highest BCUT2D eigenvalue weighted by atomic mass is 19.4. The molecule has 0 saturated heterocycles. The van der Waals surface area contributed by atoms with Crippen molar-refractivity contribution >= 4 is 23.1 Å². The van der Waals surface area contributed by atoms with E-state index >= 15 is 0 Å². The molecule has 0 aliphatic heterocycles. The standard InChI is InChI=1S/C25H24F3N7O/c26-25(27,28)17-8-9-31-19(13-17)33-24(36)15-6-4-14(5-7-15)20-21-22(30)32-10-11-35(21)23(34-20)16-2-1-3-18(29)12-16/h4-11,13,16,18H,1-3,12,29H2,(H2,30,32)(H,31,33,36)/t16-,18-/m0/s1. The average Bonchev–Trinajstić information content (AvgIpc) is 3.25. The molecule has 3 heterocycles. The first-order valence-electron chi connectivity index (χ1n) is 11.5. The number of amides is 1. The van der Waals surface area contributed by atoms with Gasteiger partial charge in [0.05, 0.1) is 5.56 Å². The van der Waals surface area contributed by atoms with E-state index in [-0.39, 0.29) is 23.3 Å². The van der Waals surface area contributed by atoms with E-state index in [9.17, 15) is 18.0 Å².